The molecule has 0 aliphatic heterocycles. The van der Waals surface area contributed by atoms with E-state index in [1.807, 2.05) is 13.2 Å². The third-order valence-electron chi connectivity index (χ3n) is 2.84. The number of hydrogen-bond donors (Lipinski definition) is 1. The third-order valence-corrected chi connectivity index (χ3v) is 2.84. The van der Waals surface area contributed by atoms with Crippen molar-refractivity contribution in [3.8, 4) is 0 Å². The SMILES string of the molecule is Cn1cc(CC(CO)Cc2ccc(F)cc2)nn1. The zero-order valence-corrected chi connectivity index (χ0v) is 10.3. The molecule has 1 N–H and O–H groups in total. The molecule has 18 heavy (non-hydrogen) atoms. The first-order valence-electron chi connectivity index (χ1n) is 5.88. The Morgan fingerprint density at radius 3 is 2.56 bits per heavy atom. The van der Waals surface area contributed by atoms with Crippen LogP contribution in [0, 0.1) is 11.7 Å². The third kappa shape index (κ3) is 3.37. The molecule has 0 saturated heterocycles. The van der Waals surface area contributed by atoms with Gasteiger partial charge < -0.3 is 5.11 Å². The molecule has 0 saturated carbocycles. The first kappa shape index (κ1) is 12.7. The lowest BCUT2D eigenvalue weighted by Gasteiger charge is -2.12. The topological polar surface area (TPSA) is 50.9 Å². The molecule has 2 aromatic rings. The van der Waals surface area contributed by atoms with Gasteiger partial charge in [0.05, 0.1) is 5.69 Å². The molecule has 1 atom stereocenters. The largest absolute Gasteiger partial charge is 0.396 e. The maximum absolute atomic E-state index is 12.8. The molecule has 0 radical (unpaired) electrons. The van der Waals surface area contributed by atoms with Crippen molar-refractivity contribution in [2.45, 2.75) is 12.8 Å². The van der Waals surface area contributed by atoms with Gasteiger partial charge in [0.1, 0.15) is 5.82 Å². The molecule has 1 heterocycles. The van der Waals surface area contributed by atoms with Gasteiger partial charge in [-0.3, -0.25) is 4.68 Å². The first-order valence-corrected chi connectivity index (χ1v) is 5.88. The fourth-order valence-electron chi connectivity index (χ4n) is 1.94. The van der Waals surface area contributed by atoms with Gasteiger partial charge in [0.15, 0.2) is 0 Å². The van der Waals surface area contributed by atoms with Crippen molar-refractivity contribution in [1.82, 2.24) is 15.0 Å². The zero-order chi connectivity index (χ0) is 13.0. The van der Waals surface area contributed by atoms with Gasteiger partial charge in [0.2, 0.25) is 0 Å². The summed E-state index contributed by atoms with van der Waals surface area (Å²) in [5.41, 5.74) is 1.87. The lowest BCUT2D eigenvalue weighted by atomic mass is 9.96. The summed E-state index contributed by atoms with van der Waals surface area (Å²) in [4.78, 5) is 0. The molecule has 0 bridgehead atoms. The average molecular weight is 249 g/mol. The van der Waals surface area contributed by atoms with Crippen molar-refractivity contribution in [2.75, 3.05) is 6.61 Å². The molecule has 0 fully saturated rings. The maximum Gasteiger partial charge on any atom is 0.123 e. The molecule has 0 spiro atoms. The molecule has 2 rings (SSSR count). The van der Waals surface area contributed by atoms with Crippen molar-refractivity contribution in [3.63, 3.8) is 0 Å². The van der Waals surface area contributed by atoms with Crippen molar-refractivity contribution in [2.24, 2.45) is 13.0 Å². The van der Waals surface area contributed by atoms with Crippen molar-refractivity contribution in [3.05, 3.63) is 47.5 Å². The van der Waals surface area contributed by atoms with Crippen LogP contribution in [0.5, 0.6) is 0 Å². The summed E-state index contributed by atoms with van der Waals surface area (Å²) in [7, 11) is 1.81. The fourth-order valence-corrected chi connectivity index (χ4v) is 1.94. The predicted molar refractivity (Wildman–Crippen MR) is 65.4 cm³/mol. The molecule has 4 nitrogen and oxygen atoms in total. The summed E-state index contributed by atoms with van der Waals surface area (Å²) < 4.78 is 14.4. The van der Waals surface area contributed by atoms with Gasteiger partial charge in [0.25, 0.3) is 0 Å². The molecule has 5 heteroatoms. The Hall–Kier alpha value is -1.75. The van der Waals surface area contributed by atoms with Gasteiger partial charge >= 0.3 is 0 Å². The van der Waals surface area contributed by atoms with E-state index in [1.165, 1.54) is 12.1 Å². The highest BCUT2D eigenvalue weighted by Gasteiger charge is 2.12. The maximum atomic E-state index is 12.8. The van der Waals surface area contributed by atoms with Crippen LogP contribution < -0.4 is 0 Å². The van der Waals surface area contributed by atoms with Gasteiger partial charge in [-0.15, -0.1) is 5.10 Å². The molecular formula is C13H16FN3O. The second-order valence-corrected chi connectivity index (χ2v) is 4.47. The lowest BCUT2D eigenvalue weighted by molar-refractivity contribution is 0.224. The molecule has 1 aromatic carbocycles. The second kappa shape index (κ2) is 5.73. The second-order valence-electron chi connectivity index (χ2n) is 4.47. The van der Waals surface area contributed by atoms with E-state index in [2.05, 4.69) is 10.3 Å². The van der Waals surface area contributed by atoms with Crippen LogP contribution in [-0.2, 0) is 19.9 Å². The van der Waals surface area contributed by atoms with E-state index < -0.39 is 0 Å². The number of rotatable bonds is 5. The minimum Gasteiger partial charge on any atom is -0.396 e. The van der Waals surface area contributed by atoms with Crippen LogP contribution in [0.4, 0.5) is 4.39 Å². The lowest BCUT2D eigenvalue weighted by Crippen LogP contribution is -2.13. The highest BCUT2D eigenvalue weighted by molar-refractivity contribution is 5.17. The Labute approximate surface area is 105 Å². The Morgan fingerprint density at radius 1 is 1.28 bits per heavy atom. The van der Waals surface area contributed by atoms with Crippen molar-refractivity contribution >= 4 is 0 Å². The molecule has 0 aliphatic carbocycles. The smallest absolute Gasteiger partial charge is 0.123 e. The highest BCUT2D eigenvalue weighted by atomic mass is 19.1. The summed E-state index contributed by atoms with van der Waals surface area (Å²) >= 11 is 0. The summed E-state index contributed by atoms with van der Waals surface area (Å²) in [6.45, 7) is 0.0773. The van der Waals surface area contributed by atoms with E-state index in [0.29, 0.717) is 12.8 Å². The molecule has 0 amide bonds. The van der Waals surface area contributed by atoms with Gasteiger partial charge in [0, 0.05) is 19.9 Å². The Morgan fingerprint density at radius 2 is 2.00 bits per heavy atom. The monoisotopic (exact) mass is 249 g/mol. The molecule has 0 aliphatic rings. The van der Waals surface area contributed by atoms with E-state index in [4.69, 9.17) is 0 Å². The average Bonchev–Trinajstić information content (AvgIpc) is 2.77. The number of benzene rings is 1. The number of aromatic nitrogens is 3. The summed E-state index contributed by atoms with van der Waals surface area (Å²) in [6.07, 6.45) is 3.21. The van der Waals surface area contributed by atoms with E-state index in [1.54, 1.807) is 16.8 Å². The number of aliphatic hydroxyl groups excluding tert-OH is 1. The number of halogens is 1. The van der Waals surface area contributed by atoms with E-state index >= 15 is 0 Å². The first-order chi connectivity index (χ1) is 8.67. The summed E-state index contributed by atoms with van der Waals surface area (Å²) in [5.74, 6) is -0.166. The summed E-state index contributed by atoms with van der Waals surface area (Å²) in [5, 5.41) is 17.2. The number of aryl methyl sites for hydroxylation is 1. The van der Waals surface area contributed by atoms with Gasteiger partial charge in [-0.2, -0.15) is 0 Å². The Balaban J connectivity index is 1.99. The quantitative estimate of drug-likeness (QED) is 0.870. The van der Waals surface area contributed by atoms with Crippen LogP contribution in [0.25, 0.3) is 0 Å². The summed E-state index contributed by atoms with van der Waals surface area (Å²) in [6, 6.07) is 6.36. The Bertz CT molecular complexity index is 495. The Kier molecular flexibility index (Phi) is 4.04. The molecule has 1 unspecified atom stereocenters. The minimum absolute atomic E-state index is 0.0761. The molecule has 96 valence electrons. The number of hydrogen-bond acceptors (Lipinski definition) is 3. The van der Waals surface area contributed by atoms with Crippen LogP contribution >= 0.6 is 0 Å². The van der Waals surface area contributed by atoms with E-state index in [-0.39, 0.29) is 18.3 Å². The van der Waals surface area contributed by atoms with E-state index in [0.717, 1.165) is 11.3 Å². The molecule has 1 aromatic heterocycles. The minimum atomic E-state index is -0.242. The van der Waals surface area contributed by atoms with E-state index in [9.17, 15) is 9.50 Å². The number of nitrogens with zero attached hydrogens (tertiary/aromatic N) is 3. The number of aliphatic hydroxyl groups is 1. The standard InChI is InChI=1S/C13H16FN3O/c1-17-8-13(15-16-17)7-11(9-18)6-10-2-4-12(14)5-3-10/h2-5,8,11,18H,6-7,9H2,1H3. The van der Waals surface area contributed by atoms with Crippen LogP contribution in [0.15, 0.2) is 30.5 Å². The van der Waals surface area contributed by atoms with Crippen LogP contribution in [-0.4, -0.2) is 26.7 Å². The molecular weight excluding hydrogens is 233 g/mol. The highest BCUT2D eigenvalue weighted by Crippen LogP contribution is 2.13. The normalized spacial score (nSPS) is 12.6. The van der Waals surface area contributed by atoms with Crippen LogP contribution in [0.2, 0.25) is 0 Å². The fraction of sp³-hybridized carbons (Fsp3) is 0.385. The van der Waals surface area contributed by atoms with Gasteiger partial charge in [-0.05, 0) is 36.5 Å². The van der Waals surface area contributed by atoms with Crippen LogP contribution in [0.3, 0.4) is 0 Å². The van der Waals surface area contributed by atoms with Crippen molar-refractivity contribution < 1.29 is 9.50 Å². The van der Waals surface area contributed by atoms with Gasteiger partial charge in [-0.25, -0.2) is 4.39 Å². The predicted octanol–water partition coefficient (Wildman–Crippen LogP) is 1.35. The van der Waals surface area contributed by atoms with Crippen LogP contribution in [0.1, 0.15) is 11.3 Å². The van der Waals surface area contributed by atoms with Crippen molar-refractivity contribution in [1.29, 1.82) is 0 Å². The zero-order valence-electron chi connectivity index (χ0n) is 10.3. The van der Waals surface area contributed by atoms with Gasteiger partial charge in [-0.1, -0.05) is 17.3 Å².